The van der Waals surface area contributed by atoms with Gasteiger partial charge in [-0.15, -0.1) is 11.8 Å². The quantitative estimate of drug-likeness (QED) is 0.744. The van der Waals surface area contributed by atoms with Gasteiger partial charge in [-0.1, -0.05) is 6.07 Å². The summed E-state index contributed by atoms with van der Waals surface area (Å²) in [4.78, 5) is 29.9. The minimum atomic E-state index is -0.477. The average Bonchev–Trinajstić information content (AvgIpc) is 3.28. The number of ether oxygens (including phenoxy) is 3. The minimum Gasteiger partial charge on any atom is -0.493 e. The molecule has 3 aliphatic heterocycles. The maximum Gasteiger partial charge on any atom is 0.260 e. The molecular weight excluding hydrogens is 382 g/mol. The molecule has 2 saturated heterocycles. The number of hydrogen-bond acceptors (Lipinski definition) is 7. The van der Waals surface area contributed by atoms with Crippen molar-refractivity contribution in [3.8, 4) is 11.5 Å². The van der Waals surface area contributed by atoms with E-state index in [0.29, 0.717) is 29.4 Å². The fraction of sp³-hybridized carbons (Fsp3) is 0.579. The molecule has 8 nitrogen and oxygen atoms in total. The Morgan fingerprint density at radius 3 is 2.79 bits per heavy atom. The smallest absolute Gasteiger partial charge is 0.260 e. The van der Waals surface area contributed by atoms with E-state index in [1.165, 1.54) is 7.11 Å². The summed E-state index contributed by atoms with van der Waals surface area (Å²) in [6.45, 7) is 4.60. The van der Waals surface area contributed by atoms with Crippen LogP contribution in [-0.4, -0.2) is 87.0 Å². The predicted octanol–water partition coefficient (Wildman–Crippen LogP) is 0.722. The highest BCUT2D eigenvalue weighted by molar-refractivity contribution is 7.99. The monoisotopic (exact) mass is 407 g/mol. The summed E-state index contributed by atoms with van der Waals surface area (Å²) in [6.07, 6.45) is 0. The number of carbonyl (C=O) groups excluding carboxylic acids is 2. The molecule has 2 atom stereocenters. The van der Waals surface area contributed by atoms with Gasteiger partial charge >= 0.3 is 0 Å². The topological polar surface area (TPSA) is 80.3 Å². The standard InChI is InChI=1S/C19H25N3O5S/c1-25-14-4-3-12-15(16(14)26-2)18(24)22-13(11-28-19(12)22)17(23)20-5-6-21-7-9-27-10-8-21/h3-4,13,19H,5-11H2,1-2H3,(H,20,23)/t13-,19+/m1/s1. The lowest BCUT2D eigenvalue weighted by Gasteiger charge is -2.27. The molecule has 28 heavy (non-hydrogen) atoms. The maximum atomic E-state index is 13.1. The molecule has 3 aliphatic rings. The van der Waals surface area contributed by atoms with Crippen LogP contribution in [0.15, 0.2) is 12.1 Å². The first kappa shape index (κ1) is 19.4. The summed E-state index contributed by atoms with van der Waals surface area (Å²) >= 11 is 1.61. The number of nitrogens with zero attached hydrogens (tertiary/aromatic N) is 2. The van der Waals surface area contributed by atoms with Crippen molar-refractivity contribution < 1.29 is 23.8 Å². The first-order chi connectivity index (χ1) is 13.7. The van der Waals surface area contributed by atoms with Gasteiger partial charge < -0.3 is 24.4 Å². The Balaban J connectivity index is 1.44. The number of morpholine rings is 1. The Bertz CT molecular complexity index is 768. The number of rotatable bonds is 6. The van der Waals surface area contributed by atoms with E-state index in [-0.39, 0.29) is 17.2 Å². The van der Waals surface area contributed by atoms with Crippen molar-refractivity contribution in [3.05, 3.63) is 23.3 Å². The number of carbonyl (C=O) groups is 2. The Labute approximate surface area is 168 Å². The molecule has 1 aromatic rings. The van der Waals surface area contributed by atoms with Crippen LogP contribution in [0.1, 0.15) is 21.3 Å². The van der Waals surface area contributed by atoms with Crippen molar-refractivity contribution in [2.45, 2.75) is 11.4 Å². The van der Waals surface area contributed by atoms with Crippen molar-refractivity contribution >= 4 is 23.6 Å². The van der Waals surface area contributed by atoms with Crippen molar-refractivity contribution in [1.82, 2.24) is 15.1 Å². The molecule has 1 aromatic carbocycles. The third kappa shape index (κ3) is 3.31. The van der Waals surface area contributed by atoms with E-state index in [1.807, 2.05) is 12.1 Å². The highest BCUT2D eigenvalue weighted by Crippen LogP contribution is 2.52. The molecule has 9 heteroatoms. The molecule has 152 valence electrons. The number of amides is 2. The zero-order chi connectivity index (χ0) is 19.7. The zero-order valence-electron chi connectivity index (χ0n) is 16.1. The molecule has 0 bridgehead atoms. The number of hydrogen-bond donors (Lipinski definition) is 1. The summed E-state index contributed by atoms with van der Waals surface area (Å²) in [5, 5.41) is 2.84. The van der Waals surface area contributed by atoms with Crippen molar-refractivity contribution in [1.29, 1.82) is 0 Å². The van der Waals surface area contributed by atoms with Crippen LogP contribution in [0.5, 0.6) is 11.5 Å². The van der Waals surface area contributed by atoms with Gasteiger partial charge in [0.25, 0.3) is 5.91 Å². The van der Waals surface area contributed by atoms with Crippen molar-refractivity contribution in [3.63, 3.8) is 0 Å². The van der Waals surface area contributed by atoms with Crippen LogP contribution in [-0.2, 0) is 9.53 Å². The fourth-order valence-corrected chi connectivity index (χ4v) is 5.43. The van der Waals surface area contributed by atoms with Crippen LogP contribution in [0.3, 0.4) is 0 Å². The van der Waals surface area contributed by atoms with E-state index in [0.717, 1.165) is 38.4 Å². The summed E-state index contributed by atoms with van der Waals surface area (Å²) in [5.41, 5.74) is 1.39. The van der Waals surface area contributed by atoms with E-state index in [2.05, 4.69) is 10.2 Å². The van der Waals surface area contributed by atoms with Crippen molar-refractivity contribution in [2.24, 2.45) is 0 Å². The average molecular weight is 407 g/mol. The highest BCUT2D eigenvalue weighted by Gasteiger charge is 2.50. The van der Waals surface area contributed by atoms with Gasteiger partial charge in [0.2, 0.25) is 5.91 Å². The number of benzene rings is 1. The van der Waals surface area contributed by atoms with Crippen LogP contribution in [0.4, 0.5) is 0 Å². The largest absolute Gasteiger partial charge is 0.493 e. The summed E-state index contributed by atoms with van der Waals surface area (Å²) < 4.78 is 16.1. The molecule has 0 unspecified atom stereocenters. The molecule has 0 radical (unpaired) electrons. The van der Waals surface area contributed by atoms with Gasteiger partial charge in [0, 0.05) is 37.5 Å². The second kappa shape index (κ2) is 8.18. The third-order valence-corrected chi connectivity index (χ3v) is 6.73. The number of fused-ring (bicyclic) bond motifs is 3. The van der Waals surface area contributed by atoms with Crippen molar-refractivity contribution in [2.75, 3.05) is 59.4 Å². The number of nitrogens with one attached hydrogen (secondary N) is 1. The van der Waals surface area contributed by atoms with Crippen LogP contribution in [0, 0.1) is 0 Å². The van der Waals surface area contributed by atoms with Gasteiger partial charge in [-0.3, -0.25) is 14.5 Å². The predicted molar refractivity (Wildman–Crippen MR) is 105 cm³/mol. The zero-order valence-corrected chi connectivity index (χ0v) is 16.9. The lowest BCUT2D eigenvalue weighted by Crippen LogP contribution is -2.48. The van der Waals surface area contributed by atoms with E-state index >= 15 is 0 Å². The first-order valence-corrected chi connectivity index (χ1v) is 10.5. The maximum absolute atomic E-state index is 13.1. The van der Waals surface area contributed by atoms with Gasteiger partial charge in [-0.25, -0.2) is 0 Å². The van der Waals surface area contributed by atoms with Crippen LogP contribution in [0.2, 0.25) is 0 Å². The van der Waals surface area contributed by atoms with E-state index in [1.54, 1.807) is 23.8 Å². The molecule has 0 aliphatic carbocycles. The van der Waals surface area contributed by atoms with Crippen LogP contribution >= 0.6 is 11.8 Å². The highest BCUT2D eigenvalue weighted by atomic mass is 32.2. The number of thioether (sulfide) groups is 1. The Kier molecular flexibility index (Phi) is 5.65. The molecule has 0 saturated carbocycles. The van der Waals surface area contributed by atoms with Gasteiger partial charge in [-0.2, -0.15) is 0 Å². The lowest BCUT2D eigenvalue weighted by atomic mass is 10.1. The molecule has 3 heterocycles. The van der Waals surface area contributed by atoms with Gasteiger partial charge in [0.15, 0.2) is 11.5 Å². The third-order valence-electron chi connectivity index (χ3n) is 5.43. The lowest BCUT2D eigenvalue weighted by molar-refractivity contribution is -0.124. The molecule has 2 fully saturated rings. The Morgan fingerprint density at radius 2 is 2.07 bits per heavy atom. The van der Waals surface area contributed by atoms with Crippen LogP contribution < -0.4 is 14.8 Å². The molecule has 0 aromatic heterocycles. The summed E-state index contributed by atoms with van der Waals surface area (Å²) in [7, 11) is 3.07. The minimum absolute atomic E-state index is 0.102. The molecular formula is C19H25N3O5S. The second-order valence-electron chi connectivity index (χ2n) is 6.92. The van der Waals surface area contributed by atoms with Gasteiger partial charge in [0.1, 0.15) is 11.4 Å². The fourth-order valence-electron chi connectivity index (χ4n) is 3.97. The number of methoxy groups -OCH3 is 2. The molecule has 1 N–H and O–H groups in total. The van der Waals surface area contributed by atoms with Gasteiger partial charge in [-0.05, 0) is 6.07 Å². The summed E-state index contributed by atoms with van der Waals surface area (Å²) in [6, 6.07) is 3.23. The SMILES string of the molecule is COc1ccc2c(c1OC)C(=O)N1[C@@H](C(=O)NCCN3CCOCC3)CS[C@@H]21. The molecule has 4 rings (SSSR count). The second-order valence-corrected chi connectivity index (χ2v) is 8.04. The van der Waals surface area contributed by atoms with E-state index in [9.17, 15) is 9.59 Å². The molecule has 2 amide bonds. The first-order valence-electron chi connectivity index (χ1n) is 9.42. The van der Waals surface area contributed by atoms with Crippen LogP contribution in [0.25, 0.3) is 0 Å². The normalized spacial score (nSPS) is 24.1. The summed E-state index contributed by atoms with van der Waals surface area (Å²) in [5.74, 6) is 1.27. The van der Waals surface area contributed by atoms with E-state index in [4.69, 9.17) is 14.2 Å². The Morgan fingerprint density at radius 1 is 1.29 bits per heavy atom. The molecule has 0 spiro atoms. The Hall–Kier alpha value is -1.97. The van der Waals surface area contributed by atoms with Gasteiger partial charge in [0.05, 0.1) is 33.0 Å². The van der Waals surface area contributed by atoms with E-state index < -0.39 is 6.04 Å².